The molecule has 1 fully saturated rings. The Balaban J connectivity index is 1.37. The molecule has 0 radical (unpaired) electrons. The van der Waals surface area contributed by atoms with E-state index in [1.165, 1.54) is 11.3 Å². The van der Waals surface area contributed by atoms with Crippen LogP contribution < -0.4 is 5.32 Å². The van der Waals surface area contributed by atoms with Crippen molar-refractivity contribution in [1.29, 1.82) is 0 Å². The van der Waals surface area contributed by atoms with Crippen LogP contribution in [0.5, 0.6) is 0 Å². The molecule has 39 heavy (non-hydrogen) atoms. The minimum absolute atomic E-state index is 0.228. The minimum Gasteiger partial charge on any atom is -0.387 e. The second-order valence-electron chi connectivity index (χ2n) is 10.0. The summed E-state index contributed by atoms with van der Waals surface area (Å²) in [5.41, 5.74) is 3.91. The van der Waals surface area contributed by atoms with Crippen LogP contribution in [-0.4, -0.2) is 69.6 Å². The van der Waals surface area contributed by atoms with Crippen molar-refractivity contribution < 1.29 is 18.3 Å². The van der Waals surface area contributed by atoms with Gasteiger partial charge in [-0.1, -0.05) is 36.4 Å². The number of benzene rings is 2. The molecule has 206 valence electrons. The Bertz CT molecular complexity index is 1530. The number of rotatable bonds is 9. The molecule has 0 spiro atoms. The molecule has 1 aliphatic heterocycles. The van der Waals surface area contributed by atoms with Gasteiger partial charge in [-0.25, -0.2) is 13.4 Å². The molecule has 0 saturated carbocycles. The number of carbonyl (C=O) groups is 1. The molecule has 3 heterocycles. The lowest BCUT2D eigenvalue weighted by Gasteiger charge is -2.34. The van der Waals surface area contributed by atoms with Gasteiger partial charge in [0, 0.05) is 38.1 Å². The largest absolute Gasteiger partial charge is 0.387 e. The number of hydrogen-bond donors (Lipinski definition) is 2. The maximum Gasteiger partial charge on any atom is 0.258 e. The summed E-state index contributed by atoms with van der Waals surface area (Å²) in [6, 6.07) is 17.2. The molecule has 0 aliphatic carbocycles. The number of aliphatic hydroxyl groups excluding tert-OH is 1. The summed E-state index contributed by atoms with van der Waals surface area (Å²) in [5, 5.41) is 17.1. The fraction of sp³-hybridized carbons (Fsp3) is 0.357. The van der Waals surface area contributed by atoms with E-state index < -0.39 is 21.4 Å². The first-order chi connectivity index (χ1) is 18.7. The van der Waals surface area contributed by atoms with Crippen LogP contribution in [0.15, 0.2) is 65.4 Å². The van der Waals surface area contributed by atoms with Crippen LogP contribution >= 0.6 is 11.3 Å². The SMILES string of the molecule is CC(C)S(=O)(=O)N1CCN(Cc2ccc3c(c2)nc(NC(=O)c2ccsc2)n3C[C@H](O)c2ccccc2)CC1. The van der Waals surface area contributed by atoms with Crippen molar-refractivity contribution in [3.63, 3.8) is 0 Å². The first-order valence-corrected chi connectivity index (χ1v) is 15.4. The number of piperazine rings is 1. The zero-order valence-corrected chi connectivity index (χ0v) is 23.7. The second-order valence-corrected chi connectivity index (χ2v) is 13.3. The van der Waals surface area contributed by atoms with Gasteiger partial charge in [-0.3, -0.25) is 15.0 Å². The highest BCUT2D eigenvalue weighted by molar-refractivity contribution is 7.89. The summed E-state index contributed by atoms with van der Waals surface area (Å²) in [6.45, 7) is 6.60. The molecule has 5 rings (SSSR count). The standard InChI is InChI=1S/C28H33N5O4S2/c1-20(2)39(36,37)32-13-11-31(12-14-32)17-21-8-9-25-24(16-21)29-28(30-27(35)23-10-15-38-19-23)33(25)18-26(34)22-6-4-3-5-7-22/h3-10,15-16,19-20,26,34H,11-14,17-18H2,1-2H3,(H,29,30,35)/t26-/m0/s1. The average Bonchev–Trinajstić information content (AvgIpc) is 3.58. The van der Waals surface area contributed by atoms with E-state index in [1.54, 1.807) is 29.6 Å². The van der Waals surface area contributed by atoms with Gasteiger partial charge in [0.1, 0.15) is 0 Å². The minimum atomic E-state index is -3.24. The molecular weight excluding hydrogens is 534 g/mol. The number of nitrogens with one attached hydrogen (secondary N) is 1. The van der Waals surface area contributed by atoms with Crippen molar-refractivity contribution in [3.05, 3.63) is 82.0 Å². The van der Waals surface area contributed by atoms with E-state index in [9.17, 15) is 18.3 Å². The molecule has 2 aromatic carbocycles. The lowest BCUT2D eigenvalue weighted by atomic mass is 10.1. The number of anilines is 1. The van der Waals surface area contributed by atoms with Gasteiger partial charge in [0.15, 0.2) is 0 Å². The van der Waals surface area contributed by atoms with Crippen LogP contribution in [0.25, 0.3) is 11.0 Å². The molecule has 0 bridgehead atoms. The van der Waals surface area contributed by atoms with Gasteiger partial charge in [0.05, 0.1) is 34.5 Å². The number of thiophene rings is 1. The average molecular weight is 568 g/mol. The van der Waals surface area contributed by atoms with Crippen molar-refractivity contribution in [3.8, 4) is 0 Å². The smallest absolute Gasteiger partial charge is 0.258 e. The third-order valence-corrected chi connectivity index (χ3v) is 10.0. The Labute approximate surface area is 232 Å². The molecule has 2 N–H and O–H groups in total. The number of sulfonamides is 1. The molecule has 4 aromatic rings. The van der Waals surface area contributed by atoms with Crippen LogP contribution in [0.4, 0.5) is 5.95 Å². The first-order valence-electron chi connectivity index (χ1n) is 13.0. The summed E-state index contributed by atoms with van der Waals surface area (Å²) in [6.07, 6.45) is -0.779. The van der Waals surface area contributed by atoms with E-state index in [0.717, 1.165) is 22.2 Å². The normalized spacial score (nSPS) is 16.1. The molecule has 0 unspecified atom stereocenters. The lowest BCUT2D eigenvalue weighted by Crippen LogP contribution is -2.49. The second kappa shape index (κ2) is 11.6. The van der Waals surface area contributed by atoms with Crippen molar-refractivity contribution >= 4 is 44.2 Å². The monoisotopic (exact) mass is 567 g/mol. The van der Waals surface area contributed by atoms with Crippen molar-refractivity contribution in [2.75, 3.05) is 31.5 Å². The van der Waals surface area contributed by atoms with E-state index >= 15 is 0 Å². The van der Waals surface area contributed by atoms with Crippen molar-refractivity contribution in [2.45, 2.75) is 38.3 Å². The quantitative estimate of drug-likeness (QED) is 0.317. The Hall–Kier alpha value is -3.09. The Morgan fingerprint density at radius 3 is 2.49 bits per heavy atom. The summed E-state index contributed by atoms with van der Waals surface area (Å²) < 4.78 is 28.4. The van der Waals surface area contributed by atoms with Crippen LogP contribution in [0.1, 0.15) is 41.4 Å². The van der Waals surface area contributed by atoms with Gasteiger partial charge in [-0.2, -0.15) is 15.6 Å². The van der Waals surface area contributed by atoms with Gasteiger partial charge in [-0.15, -0.1) is 0 Å². The number of amides is 1. The van der Waals surface area contributed by atoms with Crippen LogP contribution in [0.2, 0.25) is 0 Å². The Morgan fingerprint density at radius 1 is 1.08 bits per heavy atom. The van der Waals surface area contributed by atoms with Gasteiger partial charge >= 0.3 is 0 Å². The summed E-state index contributed by atoms with van der Waals surface area (Å²) in [4.78, 5) is 19.8. The van der Waals surface area contributed by atoms with Crippen LogP contribution in [0.3, 0.4) is 0 Å². The topological polar surface area (TPSA) is 108 Å². The number of nitrogens with zero attached hydrogens (tertiary/aromatic N) is 4. The zero-order chi connectivity index (χ0) is 27.6. The highest BCUT2D eigenvalue weighted by atomic mass is 32.2. The van der Waals surface area contributed by atoms with Gasteiger partial charge in [0.2, 0.25) is 16.0 Å². The molecular formula is C28H33N5O4S2. The van der Waals surface area contributed by atoms with Crippen molar-refractivity contribution in [1.82, 2.24) is 18.8 Å². The highest BCUT2D eigenvalue weighted by Crippen LogP contribution is 2.26. The molecule has 1 saturated heterocycles. The predicted molar refractivity (Wildman–Crippen MR) is 154 cm³/mol. The van der Waals surface area contributed by atoms with E-state index in [-0.39, 0.29) is 12.5 Å². The fourth-order valence-electron chi connectivity index (χ4n) is 4.77. The molecule has 11 heteroatoms. The molecule has 1 aliphatic rings. The fourth-order valence-corrected chi connectivity index (χ4v) is 6.68. The predicted octanol–water partition coefficient (Wildman–Crippen LogP) is 3.94. The molecule has 1 atom stereocenters. The molecule has 1 amide bonds. The number of hydrogen-bond acceptors (Lipinski definition) is 7. The lowest BCUT2D eigenvalue weighted by molar-refractivity contribution is 0.102. The first kappa shape index (κ1) is 27.5. The third-order valence-electron chi connectivity index (χ3n) is 7.05. The third kappa shape index (κ3) is 6.07. The number of imidazole rings is 1. The molecule has 9 nitrogen and oxygen atoms in total. The summed E-state index contributed by atoms with van der Waals surface area (Å²) in [7, 11) is -3.24. The highest BCUT2D eigenvalue weighted by Gasteiger charge is 2.29. The maximum absolute atomic E-state index is 12.9. The van der Waals surface area contributed by atoms with E-state index in [1.807, 2.05) is 58.5 Å². The van der Waals surface area contributed by atoms with Crippen LogP contribution in [0, 0.1) is 0 Å². The Kier molecular flexibility index (Phi) is 8.15. The number of carbonyl (C=O) groups excluding carboxylic acids is 1. The number of aliphatic hydroxyl groups is 1. The van der Waals surface area contributed by atoms with E-state index in [0.29, 0.717) is 44.2 Å². The van der Waals surface area contributed by atoms with Gasteiger partial charge in [0.25, 0.3) is 5.91 Å². The van der Waals surface area contributed by atoms with E-state index in [2.05, 4.69) is 10.2 Å². The van der Waals surface area contributed by atoms with E-state index in [4.69, 9.17) is 4.98 Å². The number of aromatic nitrogens is 2. The maximum atomic E-state index is 12.9. The van der Waals surface area contributed by atoms with Crippen molar-refractivity contribution in [2.24, 2.45) is 0 Å². The van der Waals surface area contributed by atoms with Gasteiger partial charge in [-0.05, 0) is 48.6 Å². The zero-order valence-electron chi connectivity index (χ0n) is 22.0. The summed E-state index contributed by atoms with van der Waals surface area (Å²) >= 11 is 1.45. The summed E-state index contributed by atoms with van der Waals surface area (Å²) in [5.74, 6) is 0.122. The molecule has 2 aromatic heterocycles. The Morgan fingerprint density at radius 2 is 1.82 bits per heavy atom. The number of fused-ring (bicyclic) bond motifs is 1. The van der Waals surface area contributed by atoms with Gasteiger partial charge < -0.3 is 9.67 Å². The van der Waals surface area contributed by atoms with Crippen LogP contribution in [-0.2, 0) is 23.1 Å².